The van der Waals surface area contributed by atoms with Gasteiger partial charge in [-0.2, -0.15) is 0 Å². The second-order valence-electron chi connectivity index (χ2n) is 5.86. The maximum absolute atomic E-state index is 13.4. The van der Waals surface area contributed by atoms with E-state index < -0.39 is 17.3 Å². The first-order chi connectivity index (χ1) is 11.1. The molecule has 0 spiro atoms. The van der Waals surface area contributed by atoms with E-state index in [1.807, 2.05) is 0 Å². The fourth-order valence-electron chi connectivity index (χ4n) is 3.17. The van der Waals surface area contributed by atoms with Gasteiger partial charge in [0.2, 0.25) is 0 Å². The molecule has 0 atom stereocenters. The van der Waals surface area contributed by atoms with Gasteiger partial charge in [-0.15, -0.1) is 0 Å². The van der Waals surface area contributed by atoms with Gasteiger partial charge in [-0.1, -0.05) is 19.3 Å². The Labute approximate surface area is 132 Å². The Morgan fingerprint density at radius 3 is 2.74 bits per heavy atom. The zero-order chi connectivity index (χ0) is 16.4. The number of halogens is 1. The van der Waals surface area contributed by atoms with Crippen LogP contribution in [0.2, 0.25) is 0 Å². The number of hydrogen-bond donors (Lipinski definition) is 2. The summed E-state index contributed by atoms with van der Waals surface area (Å²) >= 11 is 0. The lowest BCUT2D eigenvalue weighted by molar-refractivity contribution is 0.0600. The lowest BCUT2D eigenvalue weighted by Gasteiger charge is -2.25. The number of H-pyrrole nitrogens is 1. The van der Waals surface area contributed by atoms with E-state index in [0.29, 0.717) is 16.6 Å². The average molecular weight is 318 g/mol. The zero-order valence-electron chi connectivity index (χ0n) is 12.9. The number of carbonyl (C=O) groups excluding carboxylic acids is 1. The van der Waals surface area contributed by atoms with Gasteiger partial charge in [-0.3, -0.25) is 4.79 Å². The fraction of sp³-hybridized carbons (Fsp3) is 0.412. The van der Waals surface area contributed by atoms with Crippen molar-refractivity contribution in [1.29, 1.82) is 0 Å². The molecule has 122 valence electrons. The van der Waals surface area contributed by atoms with E-state index in [1.165, 1.54) is 25.7 Å². The van der Waals surface area contributed by atoms with E-state index in [9.17, 15) is 14.0 Å². The topological polar surface area (TPSA) is 71.2 Å². The second-order valence-corrected chi connectivity index (χ2v) is 5.86. The number of ether oxygens (including phenoxy) is 1. The maximum atomic E-state index is 13.4. The highest BCUT2D eigenvalue weighted by molar-refractivity contribution is 6.04. The molecule has 1 aromatic carbocycles. The van der Waals surface area contributed by atoms with Gasteiger partial charge in [0.05, 0.1) is 18.3 Å². The molecule has 0 radical (unpaired) electrons. The quantitative estimate of drug-likeness (QED) is 0.853. The zero-order valence-corrected chi connectivity index (χ0v) is 12.9. The summed E-state index contributed by atoms with van der Waals surface area (Å²) in [6.45, 7) is 0. The molecule has 1 aromatic heterocycles. The fourth-order valence-corrected chi connectivity index (χ4v) is 3.17. The van der Waals surface area contributed by atoms with Crippen LogP contribution in [0.15, 0.2) is 23.0 Å². The van der Waals surface area contributed by atoms with Crippen LogP contribution in [0.4, 0.5) is 10.1 Å². The predicted molar refractivity (Wildman–Crippen MR) is 86.4 cm³/mol. The molecule has 0 amide bonds. The van der Waals surface area contributed by atoms with Crippen molar-refractivity contribution in [2.75, 3.05) is 12.4 Å². The highest BCUT2D eigenvalue weighted by Crippen LogP contribution is 2.29. The van der Waals surface area contributed by atoms with Crippen LogP contribution in [0.5, 0.6) is 0 Å². The van der Waals surface area contributed by atoms with Crippen molar-refractivity contribution < 1.29 is 13.9 Å². The van der Waals surface area contributed by atoms with E-state index in [4.69, 9.17) is 4.74 Å². The largest absolute Gasteiger partial charge is 0.465 e. The molecule has 1 heterocycles. The number of hydrogen-bond acceptors (Lipinski definition) is 4. The van der Waals surface area contributed by atoms with Crippen molar-refractivity contribution in [3.05, 3.63) is 39.9 Å². The van der Waals surface area contributed by atoms with Crippen LogP contribution in [0.25, 0.3) is 10.9 Å². The Balaban J connectivity index is 2.16. The monoisotopic (exact) mass is 318 g/mol. The van der Waals surface area contributed by atoms with Gasteiger partial charge in [-0.05, 0) is 31.0 Å². The Hall–Kier alpha value is -2.37. The van der Waals surface area contributed by atoms with Gasteiger partial charge >= 0.3 is 5.97 Å². The molecule has 2 N–H and O–H groups in total. The smallest absolute Gasteiger partial charge is 0.345 e. The molecule has 0 saturated heterocycles. The van der Waals surface area contributed by atoms with Crippen LogP contribution >= 0.6 is 0 Å². The van der Waals surface area contributed by atoms with Gasteiger partial charge in [0.1, 0.15) is 11.4 Å². The van der Waals surface area contributed by atoms with Crippen molar-refractivity contribution >= 4 is 22.6 Å². The third-order valence-electron chi connectivity index (χ3n) is 4.32. The number of methoxy groups -OCH3 is 1. The van der Waals surface area contributed by atoms with Crippen molar-refractivity contribution in [1.82, 2.24) is 4.98 Å². The van der Waals surface area contributed by atoms with Gasteiger partial charge in [0, 0.05) is 11.4 Å². The molecule has 23 heavy (non-hydrogen) atoms. The van der Waals surface area contributed by atoms with E-state index in [1.54, 1.807) is 6.07 Å². The molecule has 5 nitrogen and oxygen atoms in total. The van der Waals surface area contributed by atoms with Gasteiger partial charge in [0.25, 0.3) is 5.56 Å². The molecule has 0 bridgehead atoms. The highest BCUT2D eigenvalue weighted by atomic mass is 19.1. The summed E-state index contributed by atoms with van der Waals surface area (Å²) in [6, 6.07) is 4.33. The minimum Gasteiger partial charge on any atom is -0.465 e. The van der Waals surface area contributed by atoms with E-state index in [0.717, 1.165) is 25.7 Å². The second kappa shape index (κ2) is 6.40. The maximum Gasteiger partial charge on any atom is 0.345 e. The number of pyridine rings is 1. The summed E-state index contributed by atoms with van der Waals surface area (Å²) in [5, 5.41) is 3.93. The lowest BCUT2D eigenvalue weighted by Crippen LogP contribution is -2.28. The number of rotatable bonds is 3. The van der Waals surface area contributed by atoms with Crippen LogP contribution in [0.3, 0.4) is 0 Å². The van der Waals surface area contributed by atoms with Crippen LogP contribution < -0.4 is 10.9 Å². The third-order valence-corrected chi connectivity index (χ3v) is 4.32. The first-order valence-corrected chi connectivity index (χ1v) is 7.80. The molecule has 1 fully saturated rings. The van der Waals surface area contributed by atoms with Gasteiger partial charge < -0.3 is 15.0 Å². The summed E-state index contributed by atoms with van der Waals surface area (Å²) in [6.07, 6.45) is 5.39. The number of nitrogens with one attached hydrogen (secondary N) is 2. The predicted octanol–water partition coefficient (Wildman–Crippen LogP) is 3.20. The molecule has 6 heteroatoms. The van der Waals surface area contributed by atoms with Crippen molar-refractivity contribution in [3.8, 4) is 0 Å². The Bertz CT molecular complexity index is 794. The van der Waals surface area contributed by atoms with E-state index >= 15 is 0 Å². The molecular weight excluding hydrogens is 299 g/mol. The van der Waals surface area contributed by atoms with Gasteiger partial charge in [0.15, 0.2) is 0 Å². The molecule has 0 aliphatic heterocycles. The number of aromatic nitrogens is 1. The normalized spacial score (nSPS) is 15.6. The molecule has 1 aliphatic rings. The summed E-state index contributed by atoms with van der Waals surface area (Å²) in [5.41, 5.74) is 0.161. The number of carbonyl (C=O) groups is 1. The van der Waals surface area contributed by atoms with Crippen LogP contribution in [0.1, 0.15) is 42.5 Å². The minimum absolute atomic E-state index is 0.0582. The Kier molecular flexibility index (Phi) is 4.32. The summed E-state index contributed by atoms with van der Waals surface area (Å²) in [5.74, 6) is -1.14. The van der Waals surface area contributed by atoms with Crippen molar-refractivity contribution in [3.63, 3.8) is 0 Å². The number of aromatic amines is 1. The third kappa shape index (κ3) is 3.06. The summed E-state index contributed by atoms with van der Waals surface area (Å²) in [4.78, 5) is 26.9. The first kappa shape index (κ1) is 15.5. The number of fused-ring (bicyclic) bond motifs is 1. The number of anilines is 1. The van der Waals surface area contributed by atoms with Crippen LogP contribution in [-0.2, 0) is 4.74 Å². The molecule has 1 aliphatic carbocycles. The molecule has 2 aromatic rings. The standard InChI is InChI=1S/C17H19FN2O3/c1-23-17(22)14-15(19-11-5-3-2-4-6-11)12-8-7-10(18)9-13(12)20-16(14)21/h7-9,11H,2-6H2,1H3,(H2,19,20,21). The molecule has 0 unspecified atom stereocenters. The van der Waals surface area contributed by atoms with E-state index in [2.05, 4.69) is 10.3 Å². The average Bonchev–Trinajstić information content (AvgIpc) is 2.55. The molecule has 3 rings (SSSR count). The van der Waals surface area contributed by atoms with Gasteiger partial charge in [-0.25, -0.2) is 9.18 Å². The summed E-state index contributed by atoms with van der Waals surface area (Å²) in [7, 11) is 1.24. The van der Waals surface area contributed by atoms with Crippen molar-refractivity contribution in [2.24, 2.45) is 0 Å². The first-order valence-electron chi connectivity index (χ1n) is 7.80. The SMILES string of the molecule is COC(=O)c1c(NC2CCCCC2)c2ccc(F)cc2[nH]c1=O. The van der Waals surface area contributed by atoms with Crippen molar-refractivity contribution in [2.45, 2.75) is 38.1 Å². The van der Waals surface area contributed by atoms with Crippen LogP contribution in [-0.4, -0.2) is 24.1 Å². The summed E-state index contributed by atoms with van der Waals surface area (Å²) < 4.78 is 18.2. The minimum atomic E-state index is -0.698. The highest BCUT2D eigenvalue weighted by Gasteiger charge is 2.23. The van der Waals surface area contributed by atoms with E-state index in [-0.39, 0.29) is 11.6 Å². The Morgan fingerprint density at radius 2 is 2.04 bits per heavy atom. The lowest BCUT2D eigenvalue weighted by atomic mass is 9.94. The number of esters is 1. The molecule has 1 saturated carbocycles. The Morgan fingerprint density at radius 1 is 1.30 bits per heavy atom. The van der Waals surface area contributed by atoms with Crippen LogP contribution in [0, 0.1) is 5.82 Å². The molecular formula is C17H19FN2O3. The number of benzene rings is 1.